The Morgan fingerprint density at radius 1 is 1.15 bits per heavy atom. The fourth-order valence-corrected chi connectivity index (χ4v) is 2.44. The molecule has 5 heteroatoms. The average molecular weight is 296 g/mol. The van der Waals surface area contributed by atoms with Crippen LogP contribution in [0.25, 0.3) is 0 Å². The van der Waals surface area contributed by atoms with Gasteiger partial charge in [0, 0.05) is 31.2 Å². The first-order valence-electron chi connectivity index (χ1n) is 7.10. The maximum atomic E-state index is 11.4. The van der Waals surface area contributed by atoms with Crippen molar-refractivity contribution in [1.82, 2.24) is 10.6 Å². The number of hydrogen-bond acceptors (Lipinski definition) is 3. The van der Waals surface area contributed by atoms with Crippen LogP contribution in [0.15, 0.2) is 35.2 Å². The van der Waals surface area contributed by atoms with E-state index in [0.717, 1.165) is 25.2 Å². The summed E-state index contributed by atoms with van der Waals surface area (Å²) in [5.41, 5.74) is 0. The maximum absolute atomic E-state index is 11.4. The minimum absolute atomic E-state index is 0.0915. The second kappa shape index (κ2) is 11.6. The van der Waals surface area contributed by atoms with Gasteiger partial charge in [0.05, 0.1) is 0 Å². The number of ether oxygens (including phenoxy) is 1. The summed E-state index contributed by atoms with van der Waals surface area (Å²) in [6.45, 7) is 4.76. The number of carbonyl (C=O) groups is 1. The maximum Gasteiger partial charge on any atom is 0.314 e. The number of benzene rings is 1. The van der Waals surface area contributed by atoms with Gasteiger partial charge in [-0.25, -0.2) is 4.79 Å². The molecular formula is C15H24N2O2S. The number of thioether (sulfide) groups is 1. The number of rotatable bonds is 10. The van der Waals surface area contributed by atoms with Gasteiger partial charge < -0.3 is 15.4 Å². The molecule has 0 aliphatic carbocycles. The van der Waals surface area contributed by atoms with E-state index in [1.165, 1.54) is 4.90 Å². The highest BCUT2D eigenvalue weighted by Gasteiger charge is 1.98. The monoisotopic (exact) mass is 296 g/mol. The second-order valence-corrected chi connectivity index (χ2v) is 5.42. The summed E-state index contributed by atoms with van der Waals surface area (Å²) in [5.74, 6) is 1.01. The molecule has 1 aromatic rings. The molecule has 0 aliphatic rings. The van der Waals surface area contributed by atoms with Gasteiger partial charge in [0.15, 0.2) is 0 Å². The summed E-state index contributed by atoms with van der Waals surface area (Å²) in [4.78, 5) is 12.7. The summed E-state index contributed by atoms with van der Waals surface area (Å²) in [7, 11) is 0. The lowest BCUT2D eigenvalue weighted by Crippen LogP contribution is -2.36. The van der Waals surface area contributed by atoms with Crippen LogP contribution in [0.3, 0.4) is 0 Å². The Bertz CT molecular complexity index is 360. The minimum Gasteiger partial charge on any atom is -0.382 e. The molecule has 2 amide bonds. The van der Waals surface area contributed by atoms with E-state index in [2.05, 4.69) is 22.8 Å². The molecule has 1 aromatic carbocycles. The standard InChI is InChI=1S/C15H24N2O2S/c1-2-19-12-6-10-16-15(18)17-11-7-13-20-14-8-4-3-5-9-14/h3-5,8-9H,2,6-7,10-13H2,1H3,(H2,16,17,18). The van der Waals surface area contributed by atoms with Crippen molar-refractivity contribution in [2.24, 2.45) is 0 Å². The Kier molecular flexibility index (Phi) is 9.79. The fourth-order valence-electron chi connectivity index (χ4n) is 1.56. The van der Waals surface area contributed by atoms with Crippen LogP contribution in [0, 0.1) is 0 Å². The van der Waals surface area contributed by atoms with Gasteiger partial charge in [0.1, 0.15) is 0 Å². The molecule has 4 nitrogen and oxygen atoms in total. The van der Waals surface area contributed by atoms with Gasteiger partial charge in [-0.1, -0.05) is 18.2 Å². The smallest absolute Gasteiger partial charge is 0.314 e. The molecule has 1 rings (SSSR count). The quantitative estimate of drug-likeness (QED) is 0.515. The summed E-state index contributed by atoms with van der Waals surface area (Å²) >= 11 is 1.81. The molecule has 0 radical (unpaired) electrons. The molecule has 0 aromatic heterocycles. The molecule has 0 atom stereocenters. The van der Waals surface area contributed by atoms with Crippen molar-refractivity contribution in [2.75, 3.05) is 32.1 Å². The van der Waals surface area contributed by atoms with Crippen molar-refractivity contribution >= 4 is 17.8 Å². The molecule has 0 heterocycles. The third kappa shape index (κ3) is 8.82. The number of nitrogens with one attached hydrogen (secondary N) is 2. The molecule has 112 valence electrons. The third-order valence-corrected chi connectivity index (χ3v) is 3.67. The molecule has 0 saturated heterocycles. The van der Waals surface area contributed by atoms with E-state index >= 15 is 0 Å². The predicted octanol–water partition coefficient (Wildman–Crippen LogP) is 2.89. The molecule has 0 fully saturated rings. The van der Waals surface area contributed by atoms with E-state index in [0.29, 0.717) is 19.7 Å². The van der Waals surface area contributed by atoms with Crippen LogP contribution < -0.4 is 10.6 Å². The van der Waals surface area contributed by atoms with Crippen molar-refractivity contribution in [3.63, 3.8) is 0 Å². The van der Waals surface area contributed by atoms with E-state index in [-0.39, 0.29) is 6.03 Å². The second-order valence-electron chi connectivity index (χ2n) is 4.25. The molecule has 20 heavy (non-hydrogen) atoms. The fraction of sp³-hybridized carbons (Fsp3) is 0.533. The van der Waals surface area contributed by atoms with Crippen molar-refractivity contribution in [3.8, 4) is 0 Å². The van der Waals surface area contributed by atoms with Crippen LogP contribution in [0.4, 0.5) is 4.79 Å². The van der Waals surface area contributed by atoms with Crippen molar-refractivity contribution < 1.29 is 9.53 Å². The highest BCUT2D eigenvalue weighted by molar-refractivity contribution is 7.99. The summed E-state index contributed by atoms with van der Waals surface area (Å²) < 4.78 is 5.20. The van der Waals surface area contributed by atoms with Gasteiger partial charge >= 0.3 is 6.03 Å². The van der Waals surface area contributed by atoms with Crippen LogP contribution >= 0.6 is 11.8 Å². The summed E-state index contributed by atoms with van der Waals surface area (Å²) in [6, 6.07) is 10.2. The summed E-state index contributed by atoms with van der Waals surface area (Å²) in [6.07, 6.45) is 1.82. The van der Waals surface area contributed by atoms with E-state index in [9.17, 15) is 4.79 Å². The van der Waals surface area contributed by atoms with Crippen LogP contribution in [0.2, 0.25) is 0 Å². The SMILES string of the molecule is CCOCCCNC(=O)NCCCSc1ccccc1. The van der Waals surface area contributed by atoms with Gasteiger partial charge in [-0.3, -0.25) is 0 Å². The Morgan fingerprint density at radius 2 is 1.85 bits per heavy atom. The lowest BCUT2D eigenvalue weighted by atomic mass is 10.4. The van der Waals surface area contributed by atoms with Crippen LogP contribution in [0.5, 0.6) is 0 Å². The molecule has 0 bridgehead atoms. The van der Waals surface area contributed by atoms with Crippen LogP contribution in [-0.4, -0.2) is 38.1 Å². The Labute approximate surface area is 125 Å². The van der Waals surface area contributed by atoms with Gasteiger partial charge in [-0.05, 0) is 37.7 Å². The topological polar surface area (TPSA) is 50.4 Å². The molecule has 0 spiro atoms. The van der Waals surface area contributed by atoms with Crippen LogP contribution in [0.1, 0.15) is 19.8 Å². The van der Waals surface area contributed by atoms with Crippen molar-refractivity contribution in [1.29, 1.82) is 0 Å². The Morgan fingerprint density at radius 3 is 2.55 bits per heavy atom. The van der Waals surface area contributed by atoms with E-state index < -0.39 is 0 Å². The Balaban J connectivity index is 1.91. The number of amides is 2. The van der Waals surface area contributed by atoms with Crippen molar-refractivity contribution in [3.05, 3.63) is 30.3 Å². The normalized spacial score (nSPS) is 10.2. The van der Waals surface area contributed by atoms with Crippen molar-refractivity contribution in [2.45, 2.75) is 24.7 Å². The predicted molar refractivity (Wildman–Crippen MR) is 84.3 cm³/mol. The zero-order chi connectivity index (χ0) is 14.5. The van der Waals surface area contributed by atoms with Gasteiger partial charge in [0.2, 0.25) is 0 Å². The Hall–Kier alpha value is -1.20. The van der Waals surface area contributed by atoms with Gasteiger partial charge in [-0.2, -0.15) is 0 Å². The largest absolute Gasteiger partial charge is 0.382 e. The number of hydrogen-bond donors (Lipinski definition) is 2. The molecule has 0 unspecified atom stereocenters. The number of urea groups is 1. The van der Waals surface area contributed by atoms with Crippen LogP contribution in [-0.2, 0) is 4.74 Å². The molecule has 0 aliphatic heterocycles. The lowest BCUT2D eigenvalue weighted by molar-refractivity contribution is 0.145. The van der Waals surface area contributed by atoms with Gasteiger partial charge in [0.25, 0.3) is 0 Å². The molecule has 2 N–H and O–H groups in total. The first kappa shape index (κ1) is 16.9. The molecule has 0 saturated carbocycles. The third-order valence-electron chi connectivity index (χ3n) is 2.57. The zero-order valence-corrected chi connectivity index (χ0v) is 12.9. The minimum atomic E-state index is -0.0915. The average Bonchev–Trinajstić information content (AvgIpc) is 2.48. The lowest BCUT2D eigenvalue weighted by Gasteiger charge is -2.07. The summed E-state index contributed by atoms with van der Waals surface area (Å²) in [5, 5.41) is 5.67. The highest BCUT2D eigenvalue weighted by Crippen LogP contribution is 2.17. The van der Waals surface area contributed by atoms with E-state index in [1.807, 2.05) is 36.9 Å². The first-order valence-corrected chi connectivity index (χ1v) is 8.08. The van der Waals surface area contributed by atoms with Gasteiger partial charge in [-0.15, -0.1) is 11.8 Å². The highest BCUT2D eigenvalue weighted by atomic mass is 32.2. The first-order chi connectivity index (χ1) is 9.83. The zero-order valence-electron chi connectivity index (χ0n) is 12.1. The van der Waals surface area contributed by atoms with E-state index in [1.54, 1.807) is 0 Å². The number of carbonyl (C=O) groups excluding carboxylic acids is 1. The van der Waals surface area contributed by atoms with E-state index in [4.69, 9.17) is 4.74 Å². The molecular weight excluding hydrogens is 272 g/mol.